The zero-order valence-corrected chi connectivity index (χ0v) is 8.20. The van der Waals surface area contributed by atoms with E-state index in [0.717, 1.165) is 17.3 Å². The molecule has 0 spiro atoms. The molecule has 0 unspecified atom stereocenters. The van der Waals surface area contributed by atoms with Gasteiger partial charge in [0.25, 0.3) is 0 Å². The quantitative estimate of drug-likeness (QED) is 0.768. The summed E-state index contributed by atoms with van der Waals surface area (Å²) in [5.74, 6) is 0.151. The van der Waals surface area contributed by atoms with Crippen molar-refractivity contribution in [1.29, 1.82) is 0 Å². The number of amides is 1. The first-order chi connectivity index (χ1) is 5.04. The third-order valence-electron chi connectivity index (χ3n) is 1.99. The molecule has 0 atom stereocenters. The van der Waals surface area contributed by atoms with Gasteiger partial charge in [-0.25, -0.2) is 0 Å². The second kappa shape index (κ2) is 2.97. The molecule has 1 N–H and O–H groups in total. The van der Waals surface area contributed by atoms with Crippen LogP contribution in [0, 0.1) is 5.41 Å². The Balaban J connectivity index is 2.27. The Morgan fingerprint density at radius 1 is 1.73 bits per heavy atom. The molecule has 2 nitrogen and oxygen atoms in total. The topological polar surface area (TPSA) is 29.1 Å². The predicted octanol–water partition coefficient (Wildman–Crippen LogP) is 1.81. The van der Waals surface area contributed by atoms with Gasteiger partial charge in [-0.05, 0) is 12.8 Å². The number of nitrogens with one attached hydrogen (secondary N) is 1. The molecular weight excluding hydrogens is 206 g/mol. The van der Waals surface area contributed by atoms with Crippen LogP contribution in [0.2, 0.25) is 0 Å². The first-order valence-corrected chi connectivity index (χ1v) is 4.45. The van der Waals surface area contributed by atoms with E-state index in [1.54, 1.807) is 0 Å². The van der Waals surface area contributed by atoms with Gasteiger partial charge in [0.2, 0.25) is 5.91 Å². The Hall–Kier alpha value is -0.310. The second-order valence-electron chi connectivity index (χ2n) is 3.26. The van der Waals surface area contributed by atoms with Gasteiger partial charge in [-0.3, -0.25) is 4.79 Å². The van der Waals surface area contributed by atoms with Gasteiger partial charge in [-0.2, -0.15) is 0 Å². The van der Waals surface area contributed by atoms with E-state index in [2.05, 4.69) is 27.8 Å². The van der Waals surface area contributed by atoms with E-state index in [1.165, 1.54) is 0 Å². The number of hydrogen-bond donors (Lipinski definition) is 1. The highest BCUT2D eigenvalue weighted by molar-refractivity contribution is 9.11. The van der Waals surface area contributed by atoms with E-state index in [4.69, 9.17) is 0 Å². The van der Waals surface area contributed by atoms with Crippen LogP contribution in [0.15, 0.2) is 11.1 Å². The molecule has 0 heterocycles. The number of hydrogen-bond acceptors (Lipinski definition) is 1. The van der Waals surface area contributed by atoms with E-state index >= 15 is 0 Å². The molecule has 11 heavy (non-hydrogen) atoms. The smallest absolute Gasteiger partial charge is 0.226 e. The molecule has 1 aliphatic rings. The highest BCUT2D eigenvalue weighted by Gasteiger charge is 2.44. The van der Waals surface area contributed by atoms with Gasteiger partial charge >= 0.3 is 0 Å². The summed E-state index contributed by atoms with van der Waals surface area (Å²) in [6.07, 6.45) is 2.04. The lowest BCUT2D eigenvalue weighted by Crippen LogP contribution is -2.30. The van der Waals surface area contributed by atoms with Gasteiger partial charge in [0.15, 0.2) is 0 Å². The van der Waals surface area contributed by atoms with Gasteiger partial charge in [-0.1, -0.05) is 29.4 Å². The third kappa shape index (κ3) is 2.33. The predicted molar refractivity (Wildman–Crippen MR) is 48.4 cm³/mol. The van der Waals surface area contributed by atoms with Crippen LogP contribution in [0.25, 0.3) is 0 Å². The Morgan fingerprint density at radius 2 is 2.27 bits per heavy atom. The minimum atomic E-state index is -0.0670. The maximum Gasteiger partial charge on any atom is 0.226 e. The maximum atomic E-state index is 11.3. The van der Waals surface area contributed by atoms with Crippen molar-refractivity contribution in [2.75, 3.05) is 6.54 Å². The lowest BCUT2D eigenvalue weighted by atomic mass is 10.1. The van der Waals surface area contributed by atoms with Crippen LogP contribution in [0.5, 0.6) is 0 Å². The summed E-state index contributed by atoms with van der Waals surface area (Å²) in [5, 5.41) is 2.80. The molecule has 1 rings (SSSR count). The van der Waals surface area contributed by atoms with Crippen molar-refractivity contribution >= 4 is 21.8 Å². The van der Waals surface area contributed by atoms with Crippen molar-refractivity contribution in [3.63, 3.8) is 0 Å². The van der Waals surface area contributed by atoms with E-state index < -0.39 is 0 Å². The molecule has 62 valence electrons. The minimum Gasteiger partial charge on any atom is -0.351 e. The van der Waals surface area contributed by atoms with Crippen molar-refractivity contribution in [3.05, 3.63) is 11.1 Å². The molecule has 1 fully saturated rings. The van der Waals surface area contributed by atoms with Crippen molar-refractivity contribution in [2.45, 2.75) is 19.8 Å². The van der Waals surface area contributed by atoms with Crippen LogP contribution in [0.3, 0.4) is 0 Å². The number of carbonyl (C=O) groups is 1. The van der Waals surface area contributed by atoms with Crippen molar-refractivity contribution in [2.24, 2.45) is 5.41 Å². The van der Waals surface area contributed by atoms with E-state index in [1.807, 2.05) is 6.92 Å². The maximum absolute atomic E-state index is 11.3. The number of carbonyl (C=O) groups excluding carboxylic acids is 1. The molecule has 1 saturated carbocycles. The zero-order chi connectivity index (χ0) is 8.48. The summed E-state index contributed by atoms with van der Waals surface area (Å²) in [5.41, 5.74) is -0.0670. The van der Waals surface area contributed by atoms with Crippen LogP contribution in [-0.4, -0.2) is 12.5 Å². The van der Waals surface area contributed by atoms with Gasteiger partial charge in [0.05, 0.1) is 0 Å². The molecule has 1 amide bonds. The highest BCUT2D eigenvalue weighted by atomic mass is 79.9. The summed E-state index contributed by atoms with van der Waals surface area (Å²) in [6, 6.07) is 0. The lowest BCUT2D eigenvalue weighted by molar-refractivity contribution is -0.125. The van der Waals surface area contributed by atoms with Gasteiger partial charge in [0, 0.05) is 16.4 Å². The Kier molecular flexibility index (Phi) is 2.37. The summed E-state index contributed by atoms with van der Waals surface area (Å²) < 4.78 is 0.815. The van der Waals surface area contributed by atoms with Crippen molar-refractivity contribution in [3.8, 4) is 0 Å². The van der Waals surface area contributed by atoms with Gasteiger partial charge in [-0.15, -0.1) is 0 Å². The molecule has 0 radical (unpaired) electrons. The highest BCUT2D eigenvalue weighted by Crippen LogP contribution is 2.44. The van der Waals surface area contributed by atoms with Gasteiger partial charge in [0.1, 0.15) is 0 Å². The largest absolute Gasteiger partial charge is 0.351 e. The average molecular weight is 218 g/mol. The molecule has 0 aromatic heterocycles. The fraction of sp³-hybridized carbons (Fsp3) is 0.625. The molecule has 3 heteroatoms. The molecule has 0 aromatic rings. The molecule has 0 aliphatic heterocycles. The number of halogens is 1. The third-order valence-corrected chi connectivity index (χ3v) is 2.27. The molecule has 0 saturated heterocycles. The average Bonchev–Trinajstić information content (AvgIpc) is 2.64. The van der Waals surface area contributed by atoms with Crippen molar-refractivity contribution < 1.29 is 4.79 Å². The zero-order valence-electron chi connectivity index (χ0n) is 6.61. The summed E-state index contributed by atoms with van der Waals surface area (Å²) in [6.45, 7) is 6.15. The van der Waals surface area contributed by atoms with Crippen LogP contribution in [-0.2, 0) is 4.79 Å². The molecule has 1 aliphatic carbocycles. The standard InChI is InChI=1S/C8H12BrNO/c1-6(9)5-10-7(11)8(2)3-4-8/h1,3-5H2,2H3,(H,10,11). The van der Waals surface area contributed by atoms with E-state index in [-0.39, 0.29) is 11.3 Å². The van der Waals surface area contributed by atoms with Crippen LogP contribution in [0.1, 0.15) is 19.8 Å². The summed E-state index contributed by atoms with van der Waals surface area (Å²) in [7, 11) is 0. The van der Waals surface area contributed by atoms with Gasteiger partial charge < -0.3 is 5.32 Å². The SMILES string of the molecule is C=C(Br)CNC(=O)C1(C)CC1. The fourth-order valence-corrected chi connectivity index (χ4v) is 0.944. The van der Waals surface area contributed by atoms with Crippen molar-refractivity contribution in [1.82, 2.24) is 5.32 Å². The van der Waals surface area contributed by atoms with E-state index in [9.17, 15) is 4.79 Å². The molecular formula is C8H12BrNO. The van der Waals surface area contributed by atoms with E-state index in [0.29, 0.717) is 6.54 Å². The molecule has 0 bridgehead atoms. The lowest BCUT2D eigenvalue weighted by Gasteiger charge is -2.08. The number of rotatable bonds is 3. The Labute approximate surface area is 75.2 Å². The first-order valence-electron chi connectivity index (χ1n) is 3.66. The van der Waals surface area contributed by atoms with Crippen LogP contribution >= 0.6 is 15.9 Å². The van der Waals surface area contributed by atoms with Crippen LogP contribution < -0.4 is 5.32 Å². The molecule has 0 aromatic carbocycles. The first kappa shape index (κ1) is 8.78. The monoisotopic (exact) mass is 217 g/mol. The fourth-order valence-electron chi connectivity index (χ4n) is 0.804. The Morgan fingerprint density at radius 3 is 2.64 bits per heavy atom. The Bertz CT molecular complexity index is 196. The summed E-state index contributed by atoms with van der Waals surface area (Å²) >= 11 is 3.18. The minimum absolute atomic E-state index is 0.0670. The second-order valence-corrected chi connectivity index (χ2v) is 4.38. The summed E-state index contributed by atoms with van der Waals surface area (Å²) in [4.78, 5) is 11.3. The van der Waals surface area contributed by atoms with Crippen LogP contribution in [0.4, 0.5) is 0 Å². The normalized spacial score (nSPS) is 19.1.